The maximum atomic E-state index is 11.2. The summed E-state index contributed by atoms with van der Waals surface area (Å²) in [5.41, 5.74) is -0.121. The molecule has 0 aliphatic carbocycles. The summed E-state index contributed by atoms with van der Waals surface area (Å²) in [7, 11) is 0. The van der Waals surface area contributed by atoms with Crippen molar-refractivity contribution in [3.63, 3.8) is 0 Å². The molecule has 21 heavy (non-hydrogen) atoms. The van der Waals surface area contributed by atoms with Crippen molar-refractivity contribution in [2.45, 2.75) is 4.90 Å². The van der Waals surface area contributed by atoms with E-state index < -0.39 is 11.9 Å². The van der Waals surface area contributed by atoms with E-state index >= 15 is 0 Å². The number of hydrogen-bond acceptors (Lipinski definition) is 4. The molecule has 0 radical (unpaired) electrons. The molecule has 0 aliphatic rings. The van der Waals surface area contributed by atoms with Gasteiger partial charge in [-0.3, -0.25) is 0 Å². The average Bonchev–Trinajstić information content (AvgIpc) is 2.47. The summed E-state index contributed by atoms with van der Waals surface area (Å²) >= 11 is 1.57. The quantitative estimate of drug-likeness (QED) is 0.821. The van der Waals surface area contributed by atoms with Crippen LogP contribution in [-0.4, -0.2) is 28.4 Å². The van der Waals surface area contributed by atoms with Crippen LogP contribution in [0.2, 0.25) is 0 Å². The maximum Gasteiger partial charge on any atom is 0.339 e. The zero-order valence-electron chi connectivity index (χ0n) is 11.1. The number of benzene rings is 2. The van der Waals surface area contributed by atoms with E-state index in [0.29, 0.717) is 5.75 Å². The number of carboxylic acids is 2. The van der Waals surface area contributed by atoms with E-state index in [2.05, 4.69) is 0 Å². The van der Waals surface area contributed by atoms with Crippen molar-refractivity contribution in [1.29, 1.82) is 0 Å². The van der Waals surface area contributed by atoms with Crippen molar-refractivity contribution >= 4 is 23.7 Å². The van der Waals surface area contributed by atoms with Crippen molar-refractivity contribution in [2.24, 2.45) is 0 Å². The molecule has 108 valence electrons. The van der Waals surface area contributed by atoms with Gasteiger partial charge in [-0.15, -0.1) is 11.8 Å². The van der Waals surface area contributed by atoms with Crippen molar-refractivity contribution < 1.29 is 24.5 Å². The van der Waals surface area contributed by atoms with Crippen LogP contribution in [0.15, 0.2) is 47.4 Å². The highest BCUT2D eigenvalue weighted by molar-refractivity contribution is 7.98. The second kappa shape index (κ2) is 6.32. The van der Waals surface area contributed by atoms with Gasteiger partial charge in [0.05, 0.1) is 5.56 Å². The Bertz CT molecular complexity index is 679. The molecular weight excluding hydrogens is 292 g/mol. The van der Waals surface area contributed by atoms with Gasteiger partial charge in [-0.2, -0.15) is 0 Å². The normalized spacial score (nSPS) is 10.1. The third-order valence-electron chi connectivity index (χ3n) is 2.75. The van der Waals surface area contributed by atoms with E-state index in [1.165, 1.54) is 18.2 Å². The van der Waals surface area contributed by atoms with Crippen LogP contribution in [0.25, 0.3) is 0 Å². The molecule has 0 fully saturated rings. The van der Waals surface area contributed by atoms with E-state index in [9.17, 15) is 9.59 Å². The molecule has 0 saturated heterocycles. The van der Waals surface area contributed by atoms with Gasteiger partial charge in [-0.25, -0.2) is 9.59 Å². The van der Waals surface area contributed by atoms with Crippen LogP contribution in [0.1, 0.15) is 20.7 Å². The minimum atomic E-state index is -1.18. The molecule has 0 bridgehead atoms. The molecule has 0 aromatic heterocycles. The molecular formula is C15H12O5S. The highest BCUT2D eigenvalue weighted by Crippen LogP contribution is 2.28. The number of hydrogen-bond donors (Lipinski definition) is 2. The van der Waals surface area contributed by atoms with Gasteiger partial charge in [0, 0.05) is 4.90 Å². The van der Waals surface area contributed by atoms with Gasteiger partial charge in [-0.1, -0.05) is 0 Å². The zero-order chi connectivity index (χ0) is 15.4. The predicted octanol–water partition coefficient (Wildman–Crippen LogP) is 3.60. The lowest BCUT2D eigenvalue weighted by Crippen LogP contribution is -2.03. The number of carbonyl (C=O) groups is 2. The standard InChI is InChI=1S/C15H12O5S/c1-21-11-5-3-10(4-6-11)20-13-8-9(14(16)17)2-7-12(13)15(18)19/h2-8H,1H3,(H,16,17)(H,18,19). The fourth-order valence-corrected chi connectivity index (χ4v) is 2.10. The summed E-state index contributed by atoms with van der Waals surface area (Å²) in [5, 5.41) is 18.1. The summed E-state index contributed by atoms with van der Waals surface area (Å²) in [6.45, 7) is 0. The summed E-state index contributed by atoms with van der Waals surface area (Å²) in [5.74, 6) is -1.88. The molecule has 2 N–H and O–H groups in total. The van der Waals surface area contributed by atoms with Crippen LogP contribution >= 0.6 is 11.8 Å². The molecule has 0 aliphatic heterocycles. The smallest absolute Gasteiger partial charge is 0.339 e. The maximum absolute atomic E-state index is 11.2. The first-order valence-electron chi connectivity index (χ1n) is 5.94. The molecule has 2 aromatic rings. The van der Waals surface area contributed by atoms with E-state index in [1.54, 1.807) is 23.9 Å². The van der Waals surface area contributed by atoms with Crippen LogP contribution < -0.4 is 4.74 Å². The minimum Gasteiger partial charge on any atom is -0.478 e. The Labute approximate surface area is 125 Å². The minimum absolute atomic E-state index is 0.000647. The van der Waals surface area contributed by atoms with Gasteiger partial charge < -0.3 is 14.9 Å². The van der Waals surface area contributed by atoms with Gasteiger partial charge in [0.1, 0.15) is 17.1 Å². The Morgan fingerprint density at radius 1 is 1.00 bits per heavy atom. The highest BCUT2D eigenvalue weighted by atomic mass is 32.2. The van der Waals surface area contributed by atoms with E-state index in [0.717, 1.165) is 4.90 Å². The van der Waals surface area contributed by atoms with Gasteiger partial charge in [0.2, 0.25) is 0 Å². The second-order valence-electron chi connectivity index (χ2n) is 4.10. The summed E-state index contributed by atoms with van der Waals surface area (Å²) < 4.78 is 5.51. The van der Waals surface area contributed by atoms with E-state index in [1.807, 2.05) is 18.4 Å². The molecule has 2 rings (SSSR count). The van der Waals surface area contributed by atoms with Crippen LogP contribution in [-0.2, 0) is 0 Å². The molecule has 5 nitrogen and oxygen atoms in total. The summed E-state index contributed by atoms with van der Waals surface area (Å²) in [6, 6.07) is 10.7. The largest absolute Gasteiger partial charge is 0.478 e. The predicted molar refractivity (Wildman–Crippen MR) is 78.7 cm³/mol. The van der Waals surface area contributed by atoms with Crippen LogP contribution in [0.4, 0.5) is 0 Å². The molecule has 0 heterocycles. The third kappa shape index (κ3) is 3.55. The fraction of sp³-hybridized carbons (Fsp3) is 0.0667. The molecule has 0 saturated carbocycles. The van der Waals surface area contributed by atoms with Gasteiger partial charge in [0.15, 0.2) is 0 Å². The fourth-order valence-electron chi connectivity index (χ4n) is 1.69. The summed E-state index contributed by atoms with van der Waals surface area (Å²) in [6.07, 6.45) is 1.94. The third-order valence-corrected chi connectivity index (χ3v) is 3.49. The van der Waals surface area contributed by atoms with E-state index in [4.69, 9.17) is 14.9 Å². The van der Waals surface area contributed by atoms with Gasteiger partial charge in [-0.05, 0) is 48.7 Å². The number of carboxylic acid groups (broad SMARTS) is 2. The van der Waals surface area contributed by atoms with Gasteiger partial charge >= 0.3 is 11.9 Å². The highest BCUT2D eigenvalue weighted by Gasteiger charge is 2.15. The van der Waals surface area contributed by atoms with Crippen LogP contribution in [0.3, 0.4) is 0 Å². The molecule has 0 amide bonds. The van der Waals surface area contributed by atoms with Crippen molar-refractivity contribution in [3.05, 3.63) is 53.6 Å². The first kappa shape index (κ1) is 14.9. The molecule has 0 unspecified atom stereocenters. The monoisotopic (exact) mass is 304 g/mol. The van der Waals surface area contributed by atoms with Crippen molar-refractivity contribution in [1.82, 2.24) is 0 Å². The lowest BCUT2D eigenvalue weighted by atomic mass is 10.1. The lowest BCUT2D eigenvalue weighted by Gasteiger charge is -2.10. The van der Waals surface area contributed by atoms with Gasteiger partial charge in [0.25, 0.3) is 0 Å². The van der Waals surface area contributed by atoms with Crippen molar-refractivity contribution in [2.75, 3.05) is 6.26 Å². The Balaban J connectivity index is 2.37. The van der Waals surface area contributed by atoms with Crippen LogP contribution in [0, 0.1) is 0 Å². The molecule has 0 atom stereocenters. The first-order chi connectivity index (χ1) is 10.0. The Hall–Kier alpha value is -2.47. The zero-order valence-corrected chi connectivity index (χ0v) is 11.9. The van der Waals surface area contributed by atoms with Crippen molar-refractivity contribution in [3.8, 4) is 11.5 Å². The van der Waals surface area contributed by atoms with Crippen LogP contribution in [0.5, 0.6) is 11.5 Å². The second-order valence-corrected chi connectivity index (χ2v) is 4.98. The molecule has 2 aromatic carbocycles. The Morgan fingerprint density at radius 3 is 2.19 bits per heavy atom. The number of rotatable bonds is 5. The lowest BCUT2D eigenvalue weighted by molar-refractivity contribution is 0.0678. The average molecular weight is 304 g/mol. The van der Waals surface area contributed by atoms with E-state index in [-0.39, 0.29) is 16.9 Å². The molecule has 6 heteroatoms. The SMILES string of the molecule is CSc1ccc(Oc2cc(C(=O)O)ccc2C(=O)O)cc1. The topological polar surface area (TPSA) is 83.8 Å². The Morgan fingerprint density at radius 2 is 1.67 bits per heavy atom. The number of thioether (sulfide) groups is 1. The number of ether oxygens (including phenoxy) is 1. The Kier molecular flexibility index (Phi) is 4.49. The molecule has 0 spiro atoms. The first-order valence-corrected chi connectivity index (χ1v) is 7.16. The number of aromatic carboxylic acids is 2. The summed E-state index contributed by atoms with van der Waals surface area (Å²) in [4.78, 5) is 23.2.